The van der Waals surface area contributed by atoms with Crippen LogP contribution in [0.15, 0.2) is 48.5 Å². The fraction of sp³-hybridized carbons (Fsp3) is 0.391. The summed E-state index contributed by atoms with van der Waals surface area (Å²) in [7, 11) is 0. The molecule has 0 radical (unpaired) electrons. The van der Waals surface area contributed by atoms with E-state index in [1.807, 2.05) is 60.4 Å². The van der Waals surface area contributed by atoms with E-state index in [1.54, 1.807) is 0 Å². The normalized spacial score (nSPS) is 14.7. The molecule has 1 saturated heterocycles. The van der Waals surface area contributed by atoms with Crippen LogP contribution in [0, 0.1) is 12.8 Å². The molecule has 1 fully saturated rings. The minimum Gasteiger partial charge on any atom is -0.356 e. The van der Waals surface area contributed by atoms with Crippen LogP contribution in [0.4, 0.5) is 0 Å². The highest BCUT2D eigenvalue weighted by Gasteiger charge is 2.27. The third-order valence-corrected chi connectivity index (χ3v) is 5.53. The van der Waals surface area contributed by atoms with Gasteiger partial charge in [0.25, 0.3) is 0 Å². The molecule has 2 aromatic rings. The molecular weight excluding hydrogens is 372 g/mol. The molecule has 2 aromatic carbocycles. The van der Waals surface area contributed by atoms with Gasteiger partial charge < -0.3 is 10.2 Å². The summed E-state index contributed by atoms with van der Waals surface area (Å²) < 4.78 is 0. The largest absolute Gasteiger partial charge is 0.356 e. The number of hydrogen-bond donors (Lipinski definition) is 1. The standard InChI is InChI=1S/C23H27ClN2O2/c1-17-5-7-19(8-6-17)16-22(27)26-13-10-20(11-14-26)23(28)25-12-9-18-3-2-4-21(24)15-18/h2-8,15,20H,9-14,16H2,1H3,(H,25,28). The van der Waals surface area contributed by atoms with Gasteiger partial charge in [-0.15, -0.1) is 0 Å². The molecule has 0 spiro atoms. The Labute approximate surface area is 171 Å². The van der Waals surface area contributed by atoms with Gasteiger partial charge in [-0.05, 0) is 49.4 Å². The summed E-state index contributed by atoms with van der Waals surface area (Å²) in [5.74, 6) is 0.221. The zero-order chi connectivity index (χ0) is 19.9. The van der Waals surface area contributed by atoms with Crippen molar-refractivity contribution in [3.63, 3.8) is 0 Å². The van der Waals surface area contributed by atoms with E-state index in [1.165, 1.54) is 5.56 Å². The van der Waals surface area contributed by atoms with Crippen LogP contribution in [0.25, 0.3) is 0 Å². The highest BCUT2D eigenvalue weighted by atomic mass is 35.5. The van der Waals surface area contributed by atoms with E-state index in [4.69, 9.17) is 11.6 Å². The van der Waals surface area contributed by atoms with E-state index >= 15 is 0 Å². The van der Waals surface area contributed by atoms with Gasteiger partial charge in [0.15, 0.2) is 0 Å². The lowest BCUT2D eigenvalue weighted by Gasteiger charge is -2.31. The summed E-state index contributed by atoms with van der Waals surface area (Å²) in [6.45, 7) is 3.94. The summed E-state index contributed by atoms with van der Waals surface area (Å²) in [5, 5.41) is 3.74. The van der Waals surface area contributed by atoms with Crippen LogP contribution in [0.1, 0.15) is 29.5 Å². The van der Waals surface area contributed by atoms with Crippen molar-refractivity contribution < 1.29 is 9.59 Å². The van der Waals surface area contributed by atoms with Gasteiger partial charge in [0, 0.05) is 30.6 Å². The van der Waals surface area contributed by atoms with Gasteiger partial charge in [0.05, 0.1) is 6.42 Å². The minimum atomic E-state index is -0.0113. The number of carbonyl (C=O) groups excluding carboxylic acids is 2. The first-order chi connectivity index (χ1) is 13.5. The van der Waals surface area contributed by atoms with Gasteiger partial charge in [0.2, 0.25) is 11.8 Å². The molecule has 0 aromatic heterocycles. The van der Waals surface area contributed by atoms with Crippen LogP contribution >= 0.6 is 11.6 Å². The number of hydrogen-bond acceptors (Lipinski definition) is 2. The molecule has 0 atom stereocenters. The number of nitrogens with one attached hydrogen (secondary N) is 1. The first-order valence-corrected chi connectivity index (χ1v) is 10.2. The van der Waals surface area contributed by atoms with Crippen molar-refractivity contribution in [3.8, 4) is 0 Å². The number of carbonyl (C=O) groups is 2. The SMILES string of the molecule is Cc1ccc(CC(=O)N2CCC(C(=O)NCCc3cccc(Cl)c3)CC2)cc1. The van der Waals surface area contributed by atoms with Crippen molar-refractivity contribution in [3.05, 3.63) is 70.2 Å². The molecule has 5 heteroatoms. The molecule has 2 amide bonds. The number of aryl methyl sites for hydroxylation is 1. The Morgan fingerprint density at radius 1 is 1.07 bits per heavy atom. The molecule has 148 valence electrons. The Morgan fingerprint density at radius 3 is 2.46 bits per heavy atom. The second kappa shape index (κ2) is 9.74. The van der Waals surface area contributed by atoms with E-state index in [0.717, 1.165) is 30.4 Å². The maximum absolute atomic E-state index is 12.5. The van der Waals surface area contributed by atoms with E-state index in [2.05, 4.69) is 5.32 Å². The van der Waals surface area contributed by atoms with E-state index in [0.29, 0.717) is 31.1 Å². The topological polar surface area (TPSA) is 49.4 Å². The lowest BCUT2D eigenvalue weighted by atomic mass is 9.95. The third-order valence-electron chi connectivity index (χ3n) is 5.30. The van der Waals surface area contributed by atoms with Crippen LogP contribution in [0.2, 0.25) is 5.02 Å². The van der Waals surface area contributed by atoms with Crippen molar-refractivity contribution >= 4 is 23.4 Å². The lowest BCUT2D eigenvalue weighted by molar-refractivity contribution is -0.135. The minimum absolute atomic E-state index is 0.0113. The highest BCUT2D eigenvalue weighted by molar-refractivity contribution is 6.30. The molecule has 1 N–H and O–H groups in total. The molecule has 28 heavy (non-hydrogen) atoms. The average molecular weight is 399 g/mol. The Bertz CT molecular complexity index is 812. The van der Waals surface area contributed by atoms with Gasteiger partial charge in [-0.3, -0.25) is 9.59 Å². The van der Waals surface area contributed by atoms with Crippen LogP contribution in [-0.4, -0.2) is 36.3 Å². The predicted molar refractivity (Wildman–Crippen MR) is 112 cm³/mol. The van der Waals surface area contributed by atoms with E-state index in [-0.39, 0.29) is 17.7 Å². The Hall–Kier alpha value is -2.33. The predicted octanol–water partition coefficient (Wildman–Crippen LogP) is 3.79. The molecule has 1 aliphatic rings. The van der Waals surface area contributed by atoms with Crippen LogP contribution in [0.3, 0.4) is 0 Å². The maximum atomic E-state index is 12.5. The second-order valence-corrected chi connectivity index (χ2v) is 7.92. The molecule has 1 aliphatic heterocycles. The van der Waals surface area contributed by atoms with Crippen LogP contribution in [-0.2, 0) is 22.4 Å². The van der Waals surface area contributed by atoms with Gasteiger partial charge in [0.1, 0.15) is 0 Å². The monoisotopic (exact) mass is 398 g/mol. The van der Waals surface area contributed by atoms with Crippen molar-refractivity contribution in [2.24, 2.45) is 5.92 Å². The quantitative estimate of drug-likeness (QED) is 0.804. The van der Waals surface area contributed by atoms with Crippen molar-refractivity contribution in [2.75, 3.05) is 19.6 Å². The van der Waals surface area contributed by atoms with E-state index < -0.39 is 0 Å². The summed E-state index contributed by atoms with van der Waals surface area (Å²) in [6, 6.07) is 15.8. The number of piperidine rings is 1. The number of likely N-dealkylation sites (tertiary alicyclic amines) is 1. The zero-order valence-corrected chi connectivity index (χ0v) is 17.0. The lowest BCUT2D eigenvalue weighted by Crippen LogP contribution is -2.43. The number of nitrogens with zero attached hydrogens (tertiary/aromatic N) is 1. The summed E-state index contributed by atoms with van der Waals surface area (Å²) >= 11 is 5.99. The number of benzene rings is 2. The molecule has 4 nitrogen and oxygen atoms in total. The molecule has 0 bridgehead atoms. The van der Waals surface area contributed by atoms with Gasteiger partial charge >= 0.3 is 0 Å². The summed E-state index contributed by atoms with van der Waals surface area (Å²) in [6.07, 6.45) is 2.64. The van der Waals surface area contributed by atoms with Crippen LogP contribution in [0.5, 0.6) is 0 Å². The first-order valence-electron chi connectivity index (χ1n) is 9.87. The smallest absolute Gasteiger partial charge is 0.226 e. The average Bonchev–Trinajstić information content (AvgIpc) is 2.70. The number of halogens is 1. The second-order valence-electron chi connectivity index (χ2n) is 7.49. The fourth-order valence-electron chi connectivity index (χ4n) is 3.55. The van der Waals surface area contributed by atoms with Gasteiger partial charge in [-0.1, -0.05) is 53.6 Å². The number of rotatable bonds is 6. The summed E-state index contributed by atoms with van der Waals surface area (Å²) in [4.78, 5) is 26.8. The van der Waals surface area contributed by atoms with E-state index in [9.17, 15) is 9.59 Å². The first kappa shape index (κ1) is 20.4. The Kier molecular flexibility index (Phi) is 7.10. The maximum Gasteiger partial charge on any atom is 0.226 e. The Morgan fingerprint density at radius 2 is 1.79 bits per heavy atom. The van der Waals surface area contributed by atoms with Crippen molar-refractivity contribution in [1.82, 2.24) is 10.2 Å². The molecule has 0 unspecified atom stereocenters. The molecule has 0 aliphatic carbocycles. The highest BCUT2D eigenvalue weighted by Crippen LogP contribution is 2.19. The van der Waals surface area contributed by atoms with Crippen LogP contribution < -0.4 is 5.32 Å². The fourth-order valence-corrected chi connectivity index (χ4v) is 3.76. The van der Waals surface area contributed by atoms with Crippen molar-refractivity contribution in [2.45, 2.75) is 32.6 Å². The molecule has 0 saturated carbocycles. The molecular formula is C23H27ClN2O2. The van der Waals surface area contributed by atoms with Crippen molar-refractivity contribution in [1.29, 1.82) is 0 Å². The van der Waals surface area contributed by atoms with Gasteiger partial charge in [-0.2, -0.15) is 0 Å². The number of amides is 2. The van der Waals surface area contributed by atoms with Gasteiger partial charge in [-0.25, -0.2) is 0 Å². The molecule has 1 heterocycles. The summed E-state index contributed by atoms with van der Waals surface area (Å²) in [5.41, 5.74) is 3.35. The molecule has 3 rings (SSSR count). The zero-order valence-electron chi connectivity index (χ0n) is 16.3. The Balaban J connectivity index is 1.39. The third kappa shape index (κ3) is 5.83.